The zero-order valence-corrected chi connectivity index (χ0v) is 17.8. The standard InChI is InChI=1S/C19H17Cl2N3O5S/c20-14-9-6-12(10-15(14)21)19-18(11-4-7-13(8-5-11)30(22,27)28)23-17(29-19)3-1-2-16(25)24-26/h4-10,26H,1-3H2,(H,24,25)(H2,22,27,28). The zero-order chi connectivity index (χ0) is 21.9. The number of hydroxylamine groups is 1. The summed E-state index contributed by atoms with van der Waals surface area (Å²) in [6.45, 7) is 0. The molecule has 0 aliphatic heterocycles. The zero-order valence-electron chi connectivity index (χ0n) is 15.4. The van der Waals surface area contributed by atoms with Crippen LogP contribution < -0.4 is 10.6 Å². The molecular weight excluding hydrogens is 453 g/mol. The van der Waals surface area contributed by atoms with Crippen molar-refractivity contribution in [2.45, 2.75) is 24.2 Å². The summed E-state index contributed by atoms with van der Waals surface area (Å²) in [6, 6.07) is 10.9. The Morgan fingerprint density at radius 1 is 1.10 bits per heavy atom. The van der Waals surface area contributed by atoms with Crippen molar-refractivity contribution in [3.8, 4) is 22.6 Å². The highest BCUT2D eigenvalue weighted by molar-refractivity contribution is 7.89. The molecule has 1 aromatic heterocycles. The number of aryl methyl sites for hydroxylation is 1. The first-order chi connectivity index (χ1) is 14.2. The highest BCUT2D eigenvalue weighted by Gasteiger charge is 2.19. The minimum absolute atomic E-state index is 0.0268. The van der Waals surface area contributed by atoms with Crippen LogP contribution in [0.4, 0.5) is 0 Å². The van der Waals surface area contributed by atoms with E-state index in [1.165, 1.54) is 12.1 Å². The Hall–Kier alpha value is -2.43. The van der Waals surface area contributed by atoms with E-state index in [1.807, 2.05) is 0 Å². The number of carbonyl (C=O) groups excluding carboxylic acids is 1. The van der Waals surface area contributed by atoms with Crippen LogP contribution in [-0.4, -0.2) is 24.5 Å². The van der Waals surface area contributed by atoms with Gasteiger partial charge in [-0.05, 0) is 36.8 Å². The predicted molar refractivity (Wildman–Crippen MR) is 112 cm³/mol. The van der Waals surface area contributed by atoms with Gasteiger partial charge in [0.15, 0.2) is 11.7 Å². The molecule has 0 bridgehead atoms. The van der Waals surface area contributed by atoms with Gasteiger partial charge < -0.3 is 4.42 Å². The molecule has 0 atom stereocenters. The minimum atomic E-state index is -3.83. The summed E-state index contributed by atoms with van der Waals surface area (Å²) >= 11 is 12.1. The van der Waals surface area contributed by atoms with Gasteiger partial charge in [0.25, 0.3) is 0 Å². The quantitative estimate of drug-likeness (QED) is 0.355. The molecule has 0 radical (unpaired) electrons. The van der Waals surface area contributed by atoms with Crippen molar-refractivity contribution >= 4 is 39.1 Å². The lowest BCUT2D eigenvalue weighted by Gasteiger charge is -2.04. The number of carbonyl (C=O) groups is 1. The van der Waals surface area contributed by atoms with Crippen LogP contribution in [0.3, 0.4) is 0 Å². The molecule has 0 aliphatic rings. The fourth-order valence-corrected chi connectivity index (χ4v) is 3.57. The number of amides is 1. The number of rotatable bonds is 7. The Labute approximate surface area is 182 Å². The Morgan fingerprint density at radius 2 is 1.77 bits per heavy atom. The van der Waals surface area contributed by atoms with Gasteiger partial charge in [0.2, 0.25) is 15.9 Å². The van der Waals surface area contributed by atoms with Crippen molar-refractivity contribution < 1.29 is 22.8 Å². The van der Waals surface area contributed by atoms with Gasteiger partial charge in [0, 0.05) is 24.0 Å². The van der Waals surface area contributed by atoms with Gasteiger partial charge in [-0.15, -0.1) is 0 Å². The van der Waals surface area contributed by atoms with E-state index in [1.54, 1.807) is 35.8 Å². The van der Waals surface area contributed by atoms with E-state index in [0.717, 1.165) is 0 Å². The fraction of sp³-hybridized carbons (Fsp3) is 0.158. The number of sulfonamides is 1. The topological polar surface area (TPSA) is 136 Å². The molecule has 1 amide bonds. The largest absolute Gasteiger partial charge is 0.440 e. The molecule has 3 rings (SSSR count). The Balaban J connectivity index is 2.00. The molecule has 11 heteroatoms. The number of aromatic nitrogens is 1. The molecule has 0 unspecified atom stereocenters. The molecule has 4 N–H and O–H groups in total. The number of primary sulfonamides is 1. The van der Waals surface area contributed by atoms with Gasteiger partial charge in [-0.25, -0.2) is 24.0 Å². The van der Waals surface area contributed by atoms with Crippen molar-refractivity contribution in [2.24, 2.45) is 5.14 Å². The molecule has 1 heterocycles. The molecule has 0 spiro atoms. The van der Waals surface area contributed by atoms with Gasteiger partial charge in [-0.2, -0.15) is 0 Å². The molecular formula is C19H17Cl2N3O5S. The predicted octanol–water partition coefficient (Wildman–Crippen LogP) is 3.79. The second kappa shape index (κ2) is 9.15. The monoisotopic (exact) mass is 469 g/mol. The SMILES string of the molecule is NS(=O)(=O)c1ccc(-c2nc(CCCC(=O)NO)oc2-c2ccc(Cl)c(Cl)c2)cc1. The molecule has 158 valence electrons. The van der Waals surface area contributed by atoms with Gasteiger partial charge in [0.05, 0.1) is 14.9 Å². The number of oxazole rings is 1. The summed E-state index contributed by atoms with van der Waals surface area (Å²) in [5.41, 5.74) is 3.27. The third-order valence-corrected chi connectivity index (χ3v) is 5.90. The van der Waals surface area contributed by atoms with Gasteiger partial charge >= 0.3 is 0 Å². The highest BCUT2D eigenvalue weighted by atomic mass is 35.5. The van der Waals surface area contributed by atoms with Crippen LogP contribution in [0.1, 0.15) is 18.7 Å². The van der Waals surface area contributed by atoms with Crippen LogP contribution in [-0.2, 0) is 21.2 Å². The lowest BCUT2D eigenvalue weighted by Crippen LogP contribution is -2.18. The normalized spacial score (nSPS) is 11.5. The number of nitrogens with one attached hydrogen (secondary N) is 1. The van der Waals surface area contributed by atoms with Gasteiger partial charge in [0.1, 0.15) is 5.69 Å². The van der Waals surface area contributed by atoms with Crippen LogP contribution in [0.5, 0.6) is 0 Å². The van der Waals surface area contributed by atoms with Crippen LogP contribution in [0, 0.1) is 0 Å². The number of benzene rings is 2. The smallest absolute Gasteiger partial charge is 0.243 e. The van der Waals surface area contributed by atoms with E-state index in [9.17, 15) is 13.2 Å². The number of hydrogen-bond acceptors (Lipinski definition) is 6. The lowest BCUT2D eigenvalue weighted by molar-refractivity contribution is -0.129. The van der Waals surface area contributed by atoms with E-state index in [4.69, 9.17) is 38.0 Å². The van der Waals surface area contributed by atoms with Crippen LogP contribution in [0.25, 0.3) is 22.6 Å². The average molecular weight is 470 g/mol. The summed E-state index contributed by atoms with van der Waals surface area (Å²) < 4.78 is 28.9. The lowest BCUT2D eigenvalue weighted by atomic mass is 10.1. The van der Waals surface area contributed by atoms with E-state index < -0.39 is 15.9 Å². The summed E-state index contributed by atoms with van der Waals surface area (Å²) in [6.07, 6.45) is 0.841. The first kappa shape index (κ1) is 22.3. The number of hydrogen-bond donors (Lipinski definition) is 3. The molecule has 3 aromatic rings. The van der Waals surface area contributed by atoms with Gasteiger partial charge in [-0.3, -0.25) is 10.0 Å². The van der Waals surface area contributed by atoms with Crippen molar-refractivity contribution in [1.82, 2.24) is 10.5 Å². The molecule has 0 aliphatic carbocycles. The number of nitrogens with two attached hydrogens (primary N) is 1. The average Bonchev–Trinajstić information content (AvgIpc) is 3.13. The van der Waals surface area contributed by atoms with Crippen LogP contribution in [0.2, 0.25) is 10.0 Å². The number of halogens is 2. The Morgan fingerprint density at radius 3 is 2.37 bits per heavy atom. The Kier molecular flexibility index (Phi) is 6.79. The van der Waals surface area contributed by atoms with Crippen LogP contribution >= 0.6 is 23.2 Å². The van der Waals surface area contributed by atoms with E-state index >= 15 is 0 Å². The second-order valence-corrected chi connectivity index (χ2v) is 8.75. The molecule has 2 aromatic carbocycles. The van der Waals surface area contributed by atoms with Crippen LogP contribution in [0.15, 0.2) is 51.8 Å². The molecule has 30 heavy (non-hydrogen) atoms. The fourth-order valence-electron chi connectivity index (χ4n) is 2.76. The molecule has 0 saturated carbocycles. The van der Waals surface area contributed by atoms with Crippen molar-refractivity contribution in [2.75, 3.05) is 0 Å². The number of nitrogens with zero attached hydrogens (tertiary/aromatic N) is 1. The summed E-state index contributed by atoms with van der Waals surface area (Å²) in [5, 5.41) is 14.5. The highest BCUT2D eigenvalue weighted by Crippen LogP contribution is 2.36. The summed E-state index contributed by atoms with van der Waals surface area (Å²) in [7, 11) is -3.83. The summed E-state index contributed by atoms with van der Waals surface area (Å²) in [4.78, 5) is 15.7. The first-order valence-electron chi connectivity index (χ1n) is 8.70. The van der Waals surface area contributed by atoms with Crippen molar-refractivity contribution in [3.63, 3.8) is 0 Å². The summed E-state index contributed by atoms with van der Waals surface area (Å²) in [5.74, 6) is 0.274. The third kappa shape index (κ3) is 5.18. The van der Waals surface area contributed by atoms with Gasteiger partial charge in [-0.1, -0.05) is 35.3 Å². The molecule has 0 saturated heterocycles. The van der Waals surface area contributed by atoms with E-state index in [0.29, 0.717) is 51.4 Å². The maximum absolute atomic E-state index is 11.5. The molecule has 0 fully saturated rings. The van der Waals surface area contributed by atoms with E-state index in [-0.39, 0.29) is 11.3 Å². The maximum Gasteiger partial charge on any atom is 0.243 e. The van der Waals surface area contributed by atoms with Crippen molar-refractivity contribution in [1.29, 1.82) is 0 Å². The van der Waals surface area contributed by atoms with E-state index in [2.05, 4.69) is 4.98 Å². The second-order valence-electron chi connectivity index (χ2n) is 6.37. The third-order valence-electron chi connectivity index (χ3n) is 4.23. The van der Waals surface area contributed by atoms with Crippen molar-refractivity contribution in [3.05, 3.63) is 58.4 Å². The first-order valence-corrected chi connectivity index (χ1v) is 11.0. The minimum Gasteiger partial charge on any atom is -0.440 e. The molecule has 8 nitrogen and oxygen atoms in total. The Bertz CT molecular complexity index is 1180. The maximum atomic E-state index is 11.5.